The molecule has 1 aromatic rings. The Hall–Kier alpha value is -1.07. The van der Waals surface area contributed by atoms with Crippen LogP contribution in [0.15, 0.2) is 12.1 Å². The van der Waals surface area contributed by atoms with Gasteiger partial charge in [-0.05, 0) is 43.6 Å². The maximum atomic E-state index is 12.8. The average Bonchev–Trinajstić information content (AvgIpc) is 2.25. The molecule has 1 aromatic carbocycles. The number of benzene rings is 1. The molecule has 0 unspecified atom stereocenters. The molecule has 0 heterocycles. The molecule has 16 heavy (non-hydrogen) atoms. The van der Waals surface area contributed by atoms with Crippen LogP contribution in [0, 0.1) is 17.5 Å². The lowest BCUT2D eigenvalue weighted by molar-refractivity contribution is 0.444. The molecule has 2 nitrogen and oxygen atoms in total. The highest BCUT2D eigenvalue weighted by Gasteiger charge is 2.09. The SMILES string of the molecule is NCCCCNCc1cc(F)c(F)c(F)c1. The molecule has 0 amide bonds. The number of nitrogens with one attached hydrogen (secondary N) is 1. The van der Waals surface area contributed by atoms with Crippen LogP contribution in [-0.2, 0) is 6.54 Å². The van der Waals surface area contributed by atoms with E-state index in [4.69, 9.17) is 5.73 Å². The van der Waals surface area contributed by atoms with E-state index in [2.05, 4.69) is 5.32 Å². The fraction of sp³-hybridized carbons (Fsp3) is 0.455. The molecule has 0 saturated heterocycles. The third kappa shape index (κ3) is 3.83. The molecule has 0 spiro atoms. The number of nitrogens with two attached hydrogens (primary N) is 1. The second-order valence-corrected chi connectivity index (χ2v) is 3.55. The van der Waals surface area contributed by atoms with Crippen LogP contribution in [0.1, 0.15) is 18.4 Å². The van der Waals surface area contributed by atoms with Gasteiger partial charge in [0.1, 0.15) is 0 Å². The van der Waals surface area contributed by atoms with Crippen LogP contribution in [0.25, 0.3) is 0 Å². The van der Waals surface area contributed by atoms with E-state index in [1.165, 1.54) is 0 Å². The largest absolute Gasteiger partial charge is 0.330 e. The minimum Gasteiger partial charge on any atom is -0.330 e. The lowest BCUT2D eigenvalue weighted by Crippen LogP contribution is -2.16. The first-order valence-corrected chi connectivity index (χ1v) is 5.19. The van der Waals surface area contributed by atoms with Gasteiger partial charge < -0.3 is 11.1 Å². The van der Waals surface area contributed by atoms with Crippen molar-refractivity contribution >= 4 is 0 Å². The minimum absolute atomic E-state index is 0.318. The fourth-order valence-electron chi connectivity index (χ4n) is 1.34. The summed E-state index contributed by atoms with van der Waals surface area (Å²) in [5.74, 6) is -3.73. The van der Waals surface area contributed by atoms with Gasteiger partial charge in [-0.2, -0.15) is 0 Å². The lowest BCUT2D eigenvalue weighted by atomic mass is 10.2. The van der Waals surface area contributed by atoms with Crippen molar-refractivity contribution in [3.63, 3.8) is 0 Å². The Kier molecular flexibility index (Phi) is 5.28. The van der Waals surface area contributed by atoms with Gasteiger partial charge in [-0.15, -0.1) is 0 Å². The molecular formula is C11H15F3N2. The molecule has 90 valence electrons. The van der Waals surface area contributed by atoms with Crippen molar-refractivity contribution in [1.82, 2.24) is 5.32 Å². The zero-order valence-electron chi connectivity index (χ0n) is 8.90. The highest BCUT2D eigenvalue weighted by atomic mass is 19.2. The van der Waals surface area contributed by atoms with E-state index in [9.17, 15) is 13.2 Å². The molecule has 0 saturated carbocycles. The van der Waals surface area contributed by atoms with Crippen LogP contribution in [0.2, 0.25) is 0 Å². The Labute approximate surface area is 92.6 Å². The highest BCUT2D eigenvalue weighted by molar-refractivity contribution is 5.19. The monoisotopic (exact) mass is 232 g/mol. The molecule has 0 aromatic heterocycles. The maximum absolute atomic E-state index is 12.8. The average molecular weight is 232 g/mol. The Morgan fingerprint density at radius 1 is 1.06 bits per heavy atom. The van der Waals surface area contributed by atoms with E-state index in [0.29, 0.717) is 18.7 Å². The summed E-state index contributed by atoms with van der Waals surface area (Å²) in [4.78, 5) is 0. The first-order valence-electron chi connectivity index (χ1n) is 5.19. The summed E-state index contributed by atoms with van der Waals surface area (Å²) in [7, 11) is 0. The van der Waals surface area contributed by atoms with Gasteiger partial charge in [-0.3, -0.25) is 0 Å². The van der Waals surface area contributed by atoms with Gasteiger partial charge >= 0.3 is 0 Å². The zero-order valence-corrected chi connectivity index (χ0v) is 8.90. The van der Waals surface area contributed by atoms with Crippen LogP contribution in [0.4, 0.5) is 13.2 Å². The second kappa shape index (κ2) is 6.50. The van der Waals surface area contributed by atoms with Crippen LogP contribution in [0.3, 0.4) is 0 Å². The van der Waals surface area contributed by atoms with Gasteiger partial charge in [0.15, 0.2) is 17.5 Å². The van der Waals surface area contributed by atoms with Crippen molar-refractivity contribution in [3.05, 3.63) is 35.1 Å². The maximum Gasteiger partial charge on any atom is 0.194 e. The number of halogens is 3. The summed E-state index contributed by atoms with van der Waals surface area (Å²) in [5.41, 5.74) is 5.70. The number of rotatable bonds is 6. The summed E-state index contributed by atoms with van der Waals surface area (Å²) in [6, 6.07) is 1.99. The van der Waals surface area contributed by atoms with Crippen molar-refractivity contribution in [3.8, 4) is 0 Å². The van der Waals surface area contributed by atoms with Crippen molar-refractivity contribution in [1.29, 1.82) is 0 Å². The smallest absolute Gasteiger partial charge is 0.194 e. The standard InChI is InChI=1S/C11H15F3N2/c12-9-5-8(6-10(13)11(9)14)7-16-4-2-1-3-15/h5-6,16H,1-4,7,15H2. The third-order valence-electron chi connectivity index (χ3n) is 2.18. The van der Waals surface area contributed by atoms with E-state index in [0.717, 1.165) is 31.5 Å². The normalized spacial score (nSPS) is 10.8. The van der Waals surface area contributed by atoms with E-state index in [1.807, 2.05) is 0 Å². The van der Waals surface area contributed by atoms with Crippen molar-refractivity contribution < 1.29 is 13.2 Å². The lowest BCUT2D eigenvalue weighted by Gasteiger charge is -2.05. The quantitative estimate of drug-likeness (QED) is 0.581. The Morgan fingerprint density at radius 2 is 1.69 bits per heavy atom. The van der Waals surface area contributed by atoms with Crippen molar-refractivity contribution in [2.45, 2.75) is 19.4 Å². The highest BCUT2D eigenvalue weighted by Crippen LogP contribution is 2.13. The van der Waals surface area contributed by atoms with Crippen molar-refractivity contribution in [2.24, 2.45) is 5.73 Å². The molecule has 0 bridgehead atoms. The summed E-state index contributed by atoms with van der Waals surface area (Å²) >= 11 is 0. The van der Waals surface area contributed by atoms with Crippen LogP contribution in [-0.4, -0.2) is 13.1 Å². The van der Waals surface area contributed by atoms with Gasteiger partial charge in [-0.1, -0.05) is 0 Å². The minimum atomic E-state index is -1.42. The second-order valence-electron chi connectivity index (χ2n) is 3.55. The molecule has 0 aliphatic heterocycles. The first-order chi connectivity index (χ1) is 7.65. The van der Waals surface area contributed by atoms with Gasteiger partial charge in [0.05, 0.1) is 0 Å². The summed E-state index contributed by atoms with van der Waals surface area (Å²) in [6.07, 6.45) is 1.81. The fourth-order valence-corrected chi connectivity index (χ4v) is 1.34. The van der Waals surface area contributed by atoms with Gasteiger partial charge in [0, 0.05) is 6.54 Å². The number of hydrogen-bond acceptors (Lipinski definition) is 2. The van der Waals surface area contributed by atoms with Crippen LogP contribution in [0.5, 0.6) is 0 Å². The predicted octanol–water partition coefficient (Wildman–Crippen LogP) is 1.93. The first kappa shape index (κ1) is 13.0. The van der Waals surface area contributed by atoms with E-state index < -0.39 is 17.5 Å². The van der Waals surface area contributed by atoms with E-state index >= 15 is 0 Å². The molecule has 3 N–H and O–H groups in total. The third-order valence-corrected chi connectivity index (χ3v) is 2.18. The van der Waals surface area contributed by atoms with Crippen LogP contribution < -0.4 is 11.1 Å². The van der Waals surface area contributed by atoms with E-state index in [-0.39, 0.29) is 0 Å². The molecule has 5 heteroatoms. The molecular weight excluding hydrogens is 217 g/mol. The van der Waals surface area contributed by atoms with Gasteiger partial charge in [-0.25, -0.2) is 13.2 Å². The molecule has 0 aliphatic carbocycles. The van der Waals surface area contributed by atoms with Crippen LogP contribution >= 0.6 is 0 Å². The van der Waals surface area contributed by atoms with Gasteiger partial charge in [0.2, 0.25) is 0 Å². The summed E-state index contributed by atoms with van der Waals surface area (Å²) in [6.45, 7) is 1.66. The Morgan fingerprint density at radius 3 is 2.25 bits per heavy atom. The Balaban J connectivity index is 2.43. The summed E-state index contributed by atoms with van der Waals surface area (Å²) in [5, 5.41) is 3.00. The molecule has 0 aliphatic rings. The molecule has 0 atom stereocenters. The summed E-state index contributed by atoms with van der Waals surface area (Å²) < 4.78 is 38.2. The predicted molar refractivity (Wildman–Crippen MR) is 56.3 cm³/mol. The number of hydrogen-bond donors (Lipinski definition) is 2. The van der Waals surface area contributed by atoms with Crippen molar-refractivity contribution in [2.75, 3.05) is 13.1 Å². The van der Waals surface area contributed by atoms with Gasteiger partial charge in [0.25, 0.3) is 0 Å². The molecule has 0 radical (unpaired) electrons. The topological polar surface area (TPSA) is 38.0 Å². The zero-order chi connectivity index (χ0) is 12.0. The molecule has 1 rings (SSSR count). The number of unbranched alkanes of at least 4 members (excludes halogenated alkanes) is 1. The Bertz CT molecular complexity index is 319. The van der Waals surface area contributed by atoms with E-state index in [1.54, 1.807) is 0 Å². The molecule has 0 fully saturated rings.